The van der Waals surface area contributed by atoms with E-state index in [2.05, 4.69) is 0 Å². The average Bonchev–Trinajstić information content (AvgIpc) is 2.70. The zero-order valence-corrected chi connectivity index (χ0v) is 16.1. The summed E-state index contributed by atoms with van der Waals surface area (Å²) in [4.78, 5) is 24.5. The number of para-hydroxylation sites is 1. The number of carbonyl (C=O) groups is 1. The van der Waals surface area contributed by atoms with Crippen LogP contribution < -0.4 is 14.9 Å². The molecule has 0 amide bonds. The van der Waals surface area contributed by atoms with E-state index in [1.807, 2.05) is 31.2 Å². The molecule has 0 saturated carbocycles. The average molecular weight is 382 g/mol. The lowest BCUT2D eigenvalue weighted by Crippen LogP contribution is -2.26. The molecule has 0 bridgehead atoms. The lowest BCUT2D eigenvalue weighted by Gasteiger charge is -2.13. The van der Waals surface area contributed by atoms with E-state index in [0.29, 0.717) is 22.5 Å². The van der Waals surface area contributed by atoms with E-state index in [4.69, 9.17) is 18.6 Å². The number of ether oxygens (including phenoxy) is 3. The first-order chi connectivity index (χ1) is 13.5. The summed E-state index contributed by atoms with van der Waals surface area (Å²) in [6.45, 7) is 5.63. The molecule has 0 unspecified atom stereocenters. The molecule has 0 fully saturated rings. The van der Waals surface area contributed by atoms with E-state index in [9.17, 15) is 9.59 Å². The van der Waals surface area contributed by atoms with Crippen LogP contribution in [0.4, 0.5) is 0 Å². The van der Waals surface area contributed by atoms with Gasteiger partial charge in [0.2, 0.25) is 11.2 Å². The molecule has 0 aliphatic rings. The standard InChI is InChI=1S/C22H22O6/c1-4-15-8-6-7-9-18(15)28-20-13-26-19-12-16(10-11-17(19)21(20)23)27-14(3)22(24)25-5-2/h6-14H,4-5H2,1-3H3/t14-/m0/s1. The van der Waals surface area contributed by atoms with Crippen LogP contribution >= 0.6 is 0 Å². The van der Waals surface area contributed by atoms with Crippen molar-refractivity contribution >= 4 is 16.9 Å². The van der Waals surface area contributed by atoms with Crippen molar-refractivity contribution in [2.24, 2.45) is 0 Å². The van der Waals surface area contributed by atoms with Gasteiger partial charge in [-0.05, 0) is 44.0 Å². The fraction of sp³-hybridized carbons (Fsp3) is 0.273. The number of benzene rings is 2. The lowest BCUT2D eigenvalue weighted by molar-refractivity contribution is -0.150. The van der Waals surface area contributed by atoms with Gasteiger partial charge in [0.1, 0.15) is 23.3 Å². The molecule has 1 atom stereocenters. The van der Waals surface area contributed by atoms with Crippen molar-refractivity contribution in [1.29, 1.82) is 0 Å². The second-order valence-electron chi connectivity index (χ2n) is 6.16. The fourth-order valence-electron chi connectivity index (χ4n) is 2.76. The maximum absolute atomic E-state index is 12.8. The molecule has 0 saturated heterocycles. The van der Waals surface area contributed by atoms with Crippen LogP contribution in [0.1, 0.15) is 26.3 Å². The third kappa shape index (κ3) is 4.17. The molecule has 28 heavy (non-hydrogen) atoms. The molecule has 146 valence electrons. The maximum atomic E-state index is 12.8. The molecule has 1 aromatic heterocycles. The molecule has 0 N–H and O–H groups in total. The number of esters is 1. The first-order valence-electron chi connectivity index (χ1n) is 9.18. The Morgan fingerprint density at radius 1 is 1.11 bits per heavy atom. The molecule has 6 heteroatoms. The predicted octanol–water partition coefficient (Wildman–Crippen LogP) is 4.48. The van der Waals surface area contributed by atoms with Gasteiger partial charge in [-0.2, -0.15) is 0 Å². The summed E-state index contributed by atoms with van der Waals surface area (Å²) in [7, 11) is 0. The molecule has 3 rings (SSSR count). The summed E-state index contributed by atoms with van der Waals surface area (Å²) in [5.41, 5.74) is 1.06. The minimum Gasteiger partial charge on any atom is -0.479 e. The van der Waals surface area contributed by atoms with Crippen LogP contribution in [0.2, 0.25) is 0 Å². The van der Waals surface area contributed by atoms with Crippen molar-refractivity contribution in [2.45, 2.75) is 33.3 Å². The maximum Gasteiger partial charge on any atom is 0.347 e. The van der Waals surface area contributed by atoms with Gasteiger partial charge in [0.05, 0.1) is 12.0 Å². The molecule has 2 aromatic carbocycles. The van der Waals surface area contributed by atoms with Crippen molar-refractivity contribution in [3.8, 4) is 17.2 Å². The van der Waals surface area contributed by atoms with Crippen molar-refractivity contribution < 1.29 is 23.4 Å². The van der Waals surface area contributed by atoms with Crippen LogP contribution in [-0.2, 0) is 16.0 Å². The lowest BCUT2D eigenvalue weighted by atomic mass is 10.1. The van der Waals surface area contributed by atoms with Gasteiger partial charge >= 0.3 is 5.97 Å². The Morgan fingerprint density at radius 2 is 1.89 bits per heavy atom. The number of hydrogen-bond acceptors (Lipinski definition) is 6. The highest BCUT2D eigenvalue weighted by Crippen LogP contribution is 2.26. The summed E-state index contributed by atoms with van der Waals surface area (Å²) >= 11 is 0. The van der Waals surface area contributed by atoms with Crippen molar-refractivity contribution in [1.82, 2.24) is 0 Å². The third-order valence-electron chi connectivity index (χ3n) is 4.22. The van der Waals surface area contributed by atoms with E-state index in [-0.39, 0.29) is 17.8 Å². The highest BCUT2D eigenvalue weighted by atomic mass is 16.6. The Labute approximate surface area is 162 Å². The highest BCUT2D eigenvalue weighted by Gasteiger charge is 2.17. The topological polar surface area (TPSA) is 75.0 Å². The normalized spacial score (nSPS) is 11.8. The van der Waals surface area contributed by atoms with E-state index < -0.39 is 12.1 Å². The van der Waals surface area contributed by atoms with Gasteiger partial charge in [-0.25, -0.2) is 4.79 Å². The molecule has 0 spiro atoms. The Hall–Kier alpha value is -3.28. The van der Waals surface area contributed by atoms with Crippen molar-refractivity contribution in [2.75, 3.05) is 6.61 Å². The first-order valence-corrected chi connectivity index (χ1v) is 9.18. The van der Waals surface area contributed by atoms with Crippen molar-refractivity contribution in [3.63, 3.8) is 0 Å². The van der Waals surface area contributed by atoms with Gasteiger partial charge in [0.15, 0.2) is 6.10 Å². The highest BCUT2D eigenvalue weighted by molar-refractivity contribution is 5.79. The molecular formula is C22H22O6. The minimum atomic E-state index is -0.766. The number of aryl methyl sites for hydroxylation is 1. The van der Waals surface area contributed by atoms with E-state index in [1.165, 1.54) is 6.26 Å². The minimum absolute atomic E-state index is 0.113. The van der Waals surface area contributed by atoms with Crippen LogP contribution in [0.15, 0.2) is 57.9 Å². The largest absolute Gasteiger partial charge is 0.479 e. The third-order valence-corrected chi connectivity index (χ3v) is 4.22. The monoisotopic (exact) mass is 382 g/mol. The van der Waals surface area contributed by atoms with Gasteiger partial charge in [-0.15, -0.1) is 0 Å². The van der Waals surface area contributed by atoms with Gasteiger partial charge < -0.3 is 18.6 Å². The summed E-state index contributed by atoms with van der Waals surface area (Å²) in [5, 5.41) is 0.364. The van der Waals surface area contributed by atoms with Crippen LogP contribution in [0.3, 0.4) is 0 Å². The zero-order chi connectivity index (χ0) is 20.1. The van der Waals surface area contributed by atoms with E-state index in [1.54, 1.807) is 32.0 Å². The molecular weight excluding hydrogens is 360 g/mol. The second-order valence-corrected chi connectivity index (χ2v) is 6.16. The van der Waals surface area contributed by atoms with Crippen molar-refractivity contribution in [3.05, 3.63) is 64.5 Å². The molecule has 1 heterocycles. The van der Waals surface area contributed by atoms with Gasteiger partial charge in [0.25, 0.3) is 0 Å². The Bertz CT molecular complexity index is 1040. The molecule has 0 aliphatic carbocycles. The number of carbonyl (C=O) groups excluding carboxylic acids is 1. The number of fused-ring (bicyclic) bond motifs is 1. The summed E-state index contributed by atoms with van der Waals surface area (Å²) in [5.74, 6) is 0.686. The summed E-state index contributed by atoms with van der Waals surface area (Å²) < 4.78 is 21.9. The summed E-state index contributed by atoms with van der Waals surface area (Å²) in [6.07, 6.45) is 1.31. The first kappa shape index (κ1) is 19.5. The second kappa shape index (κ2) is 8.61. The van der Waals surface area contributed by atoms with E-state index >= 15 is 0 Å². The fourth-order valence-corrected chi connectivity index (χ4v) is 2.76. The SMILES string of the molecule is CCOC(=O)[C@H](C)Oc1ccc2c(=O)c(Oc3ccccc3CC)coc2c1. The molecule has 0 aliphatic heterocycles. The van der Waals surface area contributed by atoms with Crippen LogP contribution in [-0.4, -0.2) is 18.7 Å². The van der Waals surface area contributed by atoms with Gasteiger partial charge in [-0.1, -0.05) is 25.1 Å². The van der Waals surface area contributed by atoms with Gasteiger partial charge in [0, 0.05) is 6.07 Å². The smallest absolute Gasteiger partial charge is 0.347 e. The molecule has 0 radical (unpaired) electrons. The van der Waals surface area contributed by atoms with Crippen LogP contribution in [0.5, 0.6) is 17.2 Å². The number of hydrogen-bond donors (Lipinski definition) is 0. The molecule has 6 nitrogen and oxygen atoms in total. The predicted molar refractivity (Wildman–Crippen MR) is 105 cm³/mol. The quantitative estimate of drug-likeness (QED) is 0.561. The van der Waals surface area contributed by atoms with Gasteiger partial charge in [-0.3, -0.25) is 4.79 Å². The Kier molecular flexibility index (Phi) is 5.99. The zero-order valence-electron chi connectivity index (χ0n) is 16.1. The molecule has 3 aromatic rings. The van der Waals surface area contributed by atoms with E-state index in [0.717, 1.165) is 12.0 Å². The Morgan fingerprint density at radius 3 is 2.64 bits per heavy atom. The van der Waals surface area contributed by atoms with Crippen LogP contribution in [0, 0.1) is 0 Å². The Balaban J connectivity index is 1.86. The number of rotatable bonds is 7. The van der Waals surface area contributed by atoms with Crippen LogP contribution in [0.25, 0.3) is 11.0 Å². The summed E-state index contributed by atoms with van der Waals surface area (Å²) in [6, 6.07) is 12.3.